The quantitative estimate of drug-likeness (QED) is 0.160. The van der Waals surface area contributed by atoms with E-state index in [1.54, 1.807) is 18.3 Å². The number of nitrogens with one attached hydrogen (secondary N) is 2. The molecule has 0 aromatic heterocycles. The van der Waals surface area contributed by atoms with E-state index in [4.69, 9.17) is 11.6 Å². The molecule has 0 amide bonds. The third-order valence-electron chi connectivity index (χ3n) is 5.51. The highest BCUT2D eigenvalue weighted by atomic mass is 35.5. The highest BCUT2D eigenvalue weighted by Gasteiger charge is 2.14. The molecule has 1 fully saturated rings. The predicted octanol–water partition coefficient (Wildman–Crippen LogP) is 6.90. The minimum Gasteiger partial charge on any atom is -0.333 e. The first kappa shape index (κ1) is 33.9. The summed E-state index contributed by atoms with van der Waals surface area (Å²) in [6.45, 7) is 13.2. The Morgan fingerprint density at radius 2 is 1.83 bits per heavy atom. The molecule has 202 valence electrons. The average Bonchev–Trinajstić information content (AvgIpc) is 2.92. The van der Waals surface area contributed by atoms with Crippen molar-refractivity contribution in [2.75, 3.05) is 13.6 Å². The van der Waals surface area contributed by atoms with Gasteiger partial charge in [-0.05, 0) is 69.3 Å². The van der Waals surface area contributed by atoms with Crippen LogP contribution in [0.25, 0.3) is 0 Å². The molecule has 0 heterocycles. The van der Waals surface area contributed by atoms with Gasteiger partial charge in [-0.25, -0.2) is 4.39 Å². The molecule has 0 saturated heterocycles. The van der Waals surface area contributed by atoms with Crippen LogP contribution in [0.15, 0.2) is 68.8 Å². The Morgan fingerprint density at radius 1 is 1.19 bits per heavy atom. The minimum absolute atomic E-state index is 0.0288. The van der Waals surface area contributed by atoms with Gasteiger partial charge >= 0.3 is 0 Å². The third kappa shape index (κ3) is 14.4. The van der Waals surface area contributed by atoms with Gasteiger partial charge in [0.2, 0.25) is 0 Å². The van der Waals surface area contributed by atoms with Gasteiger partial charge in [-0.3, -0.25) is 15.3 Å². The van der Waals surface area contributed by atoms with E-state index in [0.29, 0.717) is 24.2 Å². The Balaban J connectivity index is 0.00000291. The van der Waals surface area contributed by atoms with E-state index < -0.39 is 0 Å². The second-order valence-corrected chi connectivity index (χ2v) is 8.44. The van der Waals surface area contributed by atoms with Crippen molar-refractivity contribution in [2.24, 2.45) is 15.7 Å². The Kier molecular flexibility index (Phi) is 20.8. The smallest absolute Gasteiger partial charge is 0.123 e. The van der Waals surface area contributed by atoms with Crippen LogP contribution in [0.5, 0.6) is 0 Å². The molecule has 1 aromatic rings. The lowest BCUT2D eigenvalue weighted by Gasteiger charge is -2.24. The van der Waals surface area contributed by atoms with Crippen LogP contribution in [-0.4, -0.2) is 38.7 Å². The molecule has 0 aliphatic heterocycles. The van der Waals surface area contributed by atoms with E-state index in [1.807, 2.05) is 39.0 Å². The molecule has 1 aliphatic rings. The molecule has 1 aromatic carbocycles. The molecule has 1 unspecified atom stereocenters. The molecule has 1 aliphatic carbocycles. The molecule has 5 nitrogen and oxygen atoms in total. The standard InChI is InChI=1S/C26H36ClFN4.C2H6.CH5N/c1-4-24(25(27)19-31-20(2)32-23-10-6-5-7-11-23)26(29-3)12-8-9-17-30-18-21-13-15-22(28)16-14-21;2*1-2/h8-9,12-16,19-20,23,30,32H,3-7,10-11,17-18H2,1-2H3;1-2H3;2H2,1H3/b9-8-,25-24-,26-12-,31-19-;;. The molecule has 1 saturated carbocycles. The third-order valence-corrected chi connectivity index (χ3v) is 5.84. The monoisotopic (exact) mass is 519 g/mol. The van der Waals surface area contributed by atoms with Crippen molar-refractivity contribution in [2.45, 2.75) is 85.0 Å². The first-order chi connectivity index (χ1) is 17.5. The van der Waals surface area contributed by atoms with Crippen molar-refractivity contribution in [1.29, 1.82) is 0 Å². The summed E-state index contributed by atoms with van der Waals surface area (Å²) < 4.78 is 12.9. The number of aliphatic imine (C=N–C) groups is 2. The molecule has 0 radical (unpaired) electrons. The summed E-state index contributed by atoms with van der Waals surface area (Å²) in [5, 5.41) is 7.46. The number of nitrogens with two attached hydrogens (primary N) is 1. The predicted molar refractivity (Wildman–Crippen MR) is 157 cm³/mol. The lowest BCUT2D eigenvalue weighted by molar-refractivity contribution is 0.348. The van der Waals surface area contributed by atoms with E-state index >= 15 is 0 Å². The van der Waals surface area contributed by atoms with Crippen molar-refractivity contribution >= 4 is 24.5 Å². The first-order valence-corrected chi connectivity index (χ1v) is 13.5. The van der Waals surface area contributed by atoms with Gasteiger partial charge in [-0.1, -0.05) is 75.9 Å². The molecule has 36 heavy (non-hydrogen) atoms. The van der Waals surface area contributed by atoms with Gasteiger partial charge < -0.3 is 11.1 Å². The fourth-order valence-corrected chi connectivity index (χ4v) is 4.05. The molecular formula is C29H47ClFN5. The lowest BCUT2D eigenvalue weighted by Crippen LogP contribution is -2.36. The zero-order valence-electron chi connectivity index (χ0n) is 22.9. The van der Waals surface area contributed by atoms with Gasteiger partial charge in [-0.15, -0.1) is 0 Å². The fraction of sp³-hybridized carbons (Fsp3) is 0.517. The van der Waals surface area contributed by atoms with Gasteiger partial charge in [-0.2, -0.15) is 0 Å². The lowest BCUT2D eigenvalue weighted by atomic mass is 9.95. The molecule has 0 spiro atoms. The van der Waals surface area contributed by atoms with Gasteiger partial charge in [0, 0.05) is 25.3 Å². The molecule has 7 heteroatoms. The maximum atomic E-state index is 12.9. The van der Waals surface area contributed by atoms with Crippen molar-refractivity contribution in [3.63, 3.8) is 0 Å². The number of nitrogens with zero attached hydrogens (tertiary/aromatic N) is 2. The van der Waals surface area contributed by atoms with Gasteiger partial charge in [0.15, 0.2) is 0 Å². The Morgan fingerprint density at radius 3 is 2.42 bits per heavy atom. The maximum absolute atomic E-state index is 12.9. The molecule has 4 N–H and O–H groups in total. The van der Waals surface area contributed by atoms with E-state index in [2.05, 4.69) is 40.0 Å². The van der Waals surface area contributed by atoms with E-state index in [9.17, 15) is 4.39 Å². The highest BCUT2D eigenvalue weighted by Crippen LogP contribution is 2.22. The van der Waals surface area contributed by atoms with E-state index in [1.165, 1.54) is 51.3 Å². The maximum Gasteiger partial charge on any atom is 0.123 e. The van der Waals surface area contributed by atoms with Crippen molar-refractivity contribution in [1.82, 2.24) is 10.6 Å². The Bertz CT molecular complexity index is 825. The van der Waals surface area contributed by atoms with Crippen LogP contribution in [0.2, 0.25) is 0 Å². The molecule has 0 bridgehead atoms. The van der Waals surface area contributed by atoms with E-state index in [0.717, 1.165) is 23.3 Å². The van der Waals surface area contributed by atoms with Crippen molar-refractivity contribution in [3.8, 4) is 0 Å². The van der Waals surface area contributed by atoms with Crippen LogP contribution >= 0.6 is 11.6 Å². The van der Waals surface area contributed by atoms with Crippen LogP contribution in [0.3, 0.4) is 0 Å². The van der Waals surface area contributed by atoms with Gasteiger partial charge in [0.05, 0.1) is 16.9 Å². The number of allylic oxidation sites excluding steroid dienone is 4. The van der Waals surface area contributed by atoms with Crippen molar-refractivity contribution in [3.05, 3.63) is 70.2 Å². The number of hydrogen-bond acceptors (Lipinski definition) is 5. The number of rotatable bonds is 12. The Labute approximate surface area is 223 Å². The van der Waals surface area contributed by atoms with Crippen LogP contribution in [-0.2, 0) is 6.54 Å². The Hall–Kier alpha value is -2.12. The summed E-state index contributed by atoms with van der Waals surface area (Å²) in [6, 6.07) is 7.04. The summed E-state index contributed by atoms with van der Waals surface area (Å²) >= 11 is 6.56. The molecule has 2 rings (SSSR count). The average molecular weight is 520 g/mol. The summed E-state index contributed by atoms with van der Waals surface area (Å²) in [5.41, 5.74) is 7.20. The van der Waals surface area contributed by atoms with Gasteiger partial charge in [0.1, 0.15) is 5.82 Å². The fourth-order valence-electron chi connectivity index (χ4n) is 3.76. The molecule has 1 atom stereocenters. The van der Waals surface area contributed by atoms with Crippen LogP contribution in [0, 0.1) is 5.82 Å². The van der Waals surface area contributed by atoms with Crippen LogP contribution in [0.4, 0.5) is 4.39 Å². The zero-order chi connectivity index (χ0) is 27.2. The zero-order valence-corrected chi connectivity index (χ0v) is 23.6. The van der Waals surface area contributed by atoms with Crippen molar-refractivity contribution < 1.29 is 4.39 Å². The number of hydrogen-bond donors (Lipinski definition) is 3. The number of benzene rings is 1. The van der Waals surface area contributed by atoms with Crippen LogP contribution in [0.1, 0.15) is 71.8 Å². The SMILES string of the molecule is C=NC(=C\C=C/CNCc1ccc(F)cc1)/C(CC)=C(Cl)/C=N\C(C)NC1CCCCC1.CC.CN. The van der Waals surface area contributed by atoms with E-state index in [-0.39, 0.29) is 12.0 Å². The summed E-state index contributed by atoms with van der Waals surface area (Å²) in [4.78, 5) is 8.75. The summed E-state index contributed by atoms with van der Waals surface area (Å²) in [7, 11) is 1.50. The first-order valence-electron chi connectivity index (χ1n) is 13.1. The topological polar surface area (TPSA) is 74.8 Å². The summed E-state index contributed by atoms with van der Waals surface area (Å²) in [5.74, 6) is -0.221. The van der Waals surface area contributed by atoms with Gasteiger partial charge in [0.25, 0.3) is 0 Å². The number of halogens is 2. The second-order valence-electron chi connectivity index (χ2n) is 8.03. The largest absolute Gasteiger partial charge is 0.333 e. The molecular weight excluding hydrogens is 473 g/mol. The normalized spacial score (nSPS) is 16.1. The second kappa shape index (κ2) is 22.1. The summed E-state index contributed by atoms with van der Waals surface area (Å²) in [6.07, 6.45) is 14.7. The van der Waals surface area contributed by atoms with Crippen LogP contribution < -0.4 is 16.4 Å². The highest BCUT2D eigenvalue weighted by molar-refractivity contribution is 6.40. The minimum atomic E-state index is -0.221.